The van der Waals surface area contributed by atoms with Crippen molar-refractivity contribution in [1.82, 2.24) is 14.3 Å². The molecule has 0 saturated heterocycles. The fraction of sp³-hybridized carbons (Fsp3) is 0.409. The second-order valence-electron chi connectivity index (χ2n) is 7.46. The number of fused-ring (bicyclic) bond motifs is 2. The summed E-state index contributed by atoms with van der Waals surface area (Å²) in [7, 11) is 1.68. The van der Waals surface area contributed by atoms with Crippen molar-refractivity contribution in [2.24, 2.45) is 0 Å². The van der Waals surface area contributed by atoms with Crippen LogP contribution in [0.4, 0.5) is 5.69 Å². The number of anilines is 1. The van der Waals surface area contributed by atoms with Gasteiger partial charge in [-0.05, 0) is 49.4 Å². The highest BCUT2D eigenvalue weighted by Crippen LogP contribution is 2.24. The number of aryl methyl sites for hydroxylation is 1. The molecule has 152 valence electrons. The first-order valence-electron chi connectivity index (χ1n) is 10.1. The van der Waals surface area contributed by atoms with Crippen LogP contribution in [0, 0.1) is 0 Å². The number of hydrogen-bond donors (Lipinski definition) is 1. The maximum Gasteiger partial charge on any atom is 0.270 e. The lowest BCUT2D eigenvalue weighted by Crippen LogP contribution is -2.32. The first-order valence-corrected chi connectivity index (χ1v) is 10.1. The van der Waals surface area contributed by atoms with E-state index in [-0.39, 0.29) is 18.0 Å². The number of methoxy groups -OCH3 is 1. The lowest BCUT2D eigenvalue weighted by atomic mass is 10.1. The summed E-state index contributed by atoms with van der Waals surface area (Å²) in [6.45, 7) is 1.27. The summed E-state index contributed by atoms with van der Waals surface area (Å²) in [4.78, 5) is 25.4. The highest BCUT2D eigenvalue weighted by atomic mass is 16.5. The smallest absolute Gasteiger partial charge is 0.270 e. The van der Waals surface area contributed by atoms with Crippen LogP contribution in [0.3, 0.4) is 0 Å². The Morgan fingerprint density at radius 2 is 2.07 bits per heavy atom. The molecule has 29 heavy (non-hydrogen) atoms. The molecule has 4 rings (SSSR count). The summed E-state index contributed by atoms with van der Waals surface area (Å²) in [5.74, 6) is -0.259. The van der Waals surface area contributed by atoms with Gasteiger partial charge in [0.05, 0.1) is 24.0 Å². The monoisotopic (exact) mass is 394 g/mol. The van der Waals surface area contributed by atoms with E-state index in [4.69, 9.17) is 4.74 Å². The third-order valence-electron chi connectivity index (χ3n) is 5.52. The van der Waals surface area contributed by atoms with E-state index < -0.39 is 0 Å². The quantitative estimate of drug-likeness (QED) is 0.652. The number of carbonyl (C=O) groups excluding carboxylic acids is 1. The van der Waals surface area contributed by atoms with E-state index in [1.807, 2.05) is 30.5 Å². The predicted molar refractivity (Wildman–Crippen MR) is 112 cm³/mol. The Labute approximate surface area is 169 Å². The number of ether oxygens (including phenoxy) is 1. The highest BCUT2D eigenvalue weighted by Gasteiger charge is 2.16. The molecule has 0 atom stereocenters. The SMILES string of the molecule is COCCn1ccc2c(NC(=O)Cn3ncc4c(c3=O)CCCCC4)cccc21. The van der Waals surface area contributed by atoms with Crippen LogP contribution in [0.1, 0.15) is 30.4 Å². The molecule has 0 spiro atoms. The molecule has 1 amide bonds. The van der Waals surface area contributed by atoms with E-state index in [1.54, 1.807) is 13.3 Å². The van der Waals surface area contributed by atoms with Crippen molar-refractivity contribution in [2.45, 2.75) is 45.2 Å². The first-order chi connectivity index (χ1) is 14.2. The van der Waals surface area contributed by atoms with Gasteiger partial charge in [0, 0.05) is 30.8 Å². The second-order valence-corrected chi connectivity index (χ2v) is 7.46. The van der Waals surface area contributed by atoms with E-state index in [9.17, 15) is 9.59 Å². The van der Waals surface area contributed by atoms with Crippen molar-refractivity contribution in [3.8, 4) is 0 Å². The van der Waals surface area contributed by atoms with Gasteiger partial charge in [0.1, 0.15) is 6.54 Å². The molecule has 1 N–H and O–H groups in total. The summed E-state index contributed by atoms with van der Waals surface area (Å²) in [5.41, 5.74) is 3.48. The Morgan fingerprint density at radius 1 is 1.21 bits per heavy atom. The fourth-order valence-corrected chi connectivity index (χ4v) is 4.00. The van der Waals surface area contributed by atoms with Crippen molar-refractivity contribution in [3.05, 3.63) is 58.1 Å². The predicted octanol–water partition coefficient (Wildman–Crippen LogP) is 2.75. The third-order valence-corrected chi connectivity index (χ3v) is 5.52. The fourth-order valence-electron chi connectivity index (χ4n) is 4.00. The largest absolute Gasteiger partial charge is 0.383 e. The number of amides is 1. The van der Waals surface area contributed by atoms with Crippen molar-refractivity contribution in [1.29, 1.82) is 0 Å². The summed E-state index contributed by atoms with van der Waals surface area (Å²) in [6, 6.07) is 7.77. The molecule has 1 aliphatic rings. The van der Waals surface area contributed by atoms with Gasteiger partial charge in [-0.2, -0.15) is 5.10 Å². The zero-order chi connectivity index (χ0) is 20.2. The number of nitrogens with one attached hydrogen (secondary N) is 1. The van der Waals surface area contributed by atoms with E-state index in [0.717, 1.165) is 66.4 Å². The van der Waals surface area contributed by atoms with Crippen LogP contribution in [0.5, 0.6) is 0 Å². The molecule has 0 unspecified atom stereocenters. The summed E-state index contributed by atoms with van der Waals surface area (Å²) < 4.78 is 8.53. The highest BCUT2D eigenvalue weighted by molar-refractivity contribution is 6.01. The minimum absolute atomic E-state index is 0.0904. The Balaban J connectivity index is 1.53. The molecule has 0 saturated carbocycles. The van der Waals surface area contributed by atoms with Gasteiger partial charge in [0.15, 0.2) is 0 Å². The number of carbonyl (C=O) groups is 1. The Hall–Kier alpha value is -2.93. The normalized spacial score (nSPS) is 13.8. The molecule has 1 aromatic carbocycles. The maximum atomic E-state index is 12.8. The molecule has 7 nitrogen and oxygen atoms in total. The van der Waals surface area contributed by atoms with Crippen LogP contribution < -0.4 is 10.9 Å². The molecule has 0 fully saturated rings. The zero-order valence-corrected chi connectivity index (χ0v) is 16.7. The van der Waals surface area contributed by atoms with Gasteiger partial charge in [0.25, 0.3) is 5.56 Å². The molecule has 7 heteroatoms. The van der Waals surface area contributed by atoms with Crippen molar-refractivity contribution < 1.29 is 9.53 Å². The van der Waals surface area contributed by atoms with Crippen molar-refractivity contribution in [2.75, 3.05) is 19.0 Å². The van der Waals surface area contributed by atoms with Crippen LogP contribution in [0.15, 0.2) is 41.5 Å². The average Bonchev–Trinajstić information content (AvgIpc) is 2.98. The number of nitrogens with zero attached hydrogens (tertiary/aromatic N) is 3. The number of benzene rings is 1. The van der Waals surface area contributed by atoms with Gasteiger partial charge < -0.3 is 14.6 Å². The topological polar surface area (TPSA) is 78.2 Å². The molecule has 0 bridgehead atoms. The second kappa shape index (κ2) is 8.61. The van der Waals surface area contributed by atoms with Crippen LogP contribution in [-0.2, 0) is 35.5 Å². The van der Waals surface area contributed by atoms with E-state index in [1.165, 1.54) is 4.68 Å². The molecule has 2 heterocycles. The molecule has 1 aliphatic carbocycles. The Morgan fingerprint density at radius 3 is 2.93 bits per heavy atom. The van der Waals surface area contributed by atoms with Gasteiger partial charge >= 0.3 is 0 Å². The maximum absolute atomic E-state index is 12.8. The van der Waals surface area contributed by atoms with Crippen LogP contribution in [0.2, 0.25) is 0 Å². The van der Waals surface area contributed by atoms with Crippen LogP contribution in [0.25, 0.3) is 10.9 Å². The lowest BCUT2D eigenvalue weighted by molar-refractivity contribution is -0.117. The third kappa shape index (κ3) is 4.10. The molecule has 3 aromatic rings. The molecule has 0 aliphatic heterocycles. The van der Waals surface area contributed by atoms with E-state index in [0.29, 0.717) is 6.61 Å². The molecular weight excluding hydrogens is 368 g/mol. The van der Waals surface area contributed by atoms with Crippen molar-refractivity contribution in [3.63, 3.8) is 0 Å². The van der Waals surface area contributed by atoms with Gasteiger partial charge in [-0.15, -0.1) is 0 Å². The van der Waals surface area contributed by atoms with Crippen LogP contribution >= 0.6 is 0 Å². The van der Waals surface area contributed by atoms with E-state index >= 15 is 0 Å². The first kappa shape index (κ1) is 19.4. The minimum Gasteiger partial charge on any atom is -0.383 e. The molecular formula is C22H26N4O3. The van der Waals surface area contributed by atoms with Gasteiger partial charge in [-0.1, -0.05) is 12.5 Å². The lowest BCUT2D eigenvalue weighted by Gasteiger charge is -2.11. The number of aromatic nitrogens is 3. The molecule has 0 radical (unpaired) electrons. The van der Waals surface area contributed by atoms with E-state index in [2.05, 4.69) is 15.0 Å². The number of hydrogen-bond acceptors (Lipinski definition) is 4. The van der Waals surface area contributed by atoms with Gasteiger partial charge in [-0.3, -0.25) is 9.59 Å². The van der Waals surface area contributed by atoms with Gasteiger partial charge in [0.2, 0.25) is 5.91 Å². The summed E-state index contributed by atoms with van der Waals surface area (Å²) in [5, 5.41) is 8.14. The summed E-state index contributed by atoms with van der Waals surface area (Å²) in [6.07, 6.45) is 8.64. The number of rotatable bonds is 6. The standard InChI is InChI=1S/C22H26N4O3/c1-29-13-12-25-11-10-18-19(8-5-9-20(18)25)24-21(27)15-26-22(28)17-7-4-2-3-6-16(17)14-23-26/h5,8-11,14H,2-4,6-7,12-13,15H2,1H3,(H,24,27). The Bertz CT molecular complexity index is 1080. The molecule has 2 aromatic heterocycles. The minimum atomic E-state index is -0.259. The van der Waals surface area contributed by atoms with Crippen molar-refractivity contribution >= 4 is 22.5 Å². The Kier molecular flexibility index (Phi) is 5.76. The van der Waals surface area contributed by atoms with Crippen LogP contribution in [-0.4, -0.2) is 34.0 Å². The average molecular weight is 394 g/mol. The van der Waals surface area contributed by atoms with Gasteiger partial charge in [-0.25, -0.2) is 4.68 Å². The zero-order valence-electron chi connectivity index (χ0n) is 16.7. The summed E-state index contributed by atoms with van der Waals surface area (Å²) >= 11 is 0.